The van der Waals surface area contributed by atoms with Gasteiger partial charge in [0, 0.05) is 23.2 Å². The van der Waals surface area contributed by atoms with Crippen molar-refractivity contribution in [2.75, 3.05) is 19.5 Å². The Morgan fingerprint density at radius 2 is 2.00 bits per heavy atom. The third-order valence-corrected chi connectivity index (χ3v) is 3.76. The number of aromatic nitrogens is 1. The Bertz CT molecular complexity index is 889. The minimum absolute atomic E-state index is 0.167. The molecule has 0 unspecified atom stereocenters. The molecule has 0 aliphatic heterocycles. The molecule has 0 aliphatic rings. The number of methoxy groups -OCH3 is 2. The van der Waals surface area contributed by atoms with Crippen LogP contribution in [0.5, 0.6) is 11.5 Å². The third kappa shape index (κ3) is 3.17. The molecule has 0 saturated carbocycles. The van der Waals surface area contributed by atoms with Gasteiger partial charge in [-0.05, 0) is 35.9 Å². The van der Waals surface area contributed by atoms with E-state index in [4.69, 9.17) is 9.47 Å². The Morgan fingerprint density at radius 1 is 1.17 bits per heavy atom. The number of nitrogens with one attached hydrogen (secondary N) is 2. The first-order valence-corrected chi connectivity index (χ1v) is 7.38. The minimum atomic E-state index is -0.316. The zero-order valence-electron chi connectivity index (χ0n) is 13.4. The van der Waals surface area contributed by atoms with Crippen LogP contribution in [0.15, 0.2) is 42.6 Å². The van der Waals surface area contributed by atoms with Crippen LogP contribution >= 0.6 is 0 Å². The van der Waals surface area contributed by atoms with Crippen LogP contribution in [0.2, 0.25) is 0 Å². The molecule has 5 nitrogen and oxygen atoms in total. The van der Waals surface area contributed by atoms with E-state index in [-0.39, 0.29) is 18.1 Å². The Hall–Kier alpha value is -3.02. The van der Waals surface area contributed by atoms with Gasteiger partial charge in [-0.15, -0.1) is 0 Å². The van der Waals surface area contributed by atoms with Gasteiger partial charge in [0.25, 0.3) is 0 Å². The van der Waals surface area contributed by atoms with Crippen molar-refractivity contribution in [1.29, 1.82) is 0 Å². The summed E-state index contributed by atoms with van der Waals surface area (Å²) >= 11 is 0. The average Bonchev–Trinajstić information content (AvgIpc) is 2.97. The highest BCUT2D eigenvalue weighted by atomic mass is 19.1. The number of H-pyrrole nitrogens is 1. The van der Waals surface area contributed by atoms with Crippen LogP contribution in [0.25, 0.3) is 10.9 Å². The van der Waals surface area contributed by atoms with Crippen molar-refractivity contribution in [3.63, 3.8) is 0 Å². The summed E-state index contributed by atoms with van der Waals surface area (Å²) in [7, 11) is 3.09. The van der Waals surface area contributed by atoms with Crippen molar-refractivity contribution >= 4 is 22.5 Å². The van der Waals surface area contributed by atoms with E-state index in [9.17, 15) is 9.18 Å². The molecule has 24 heavy (non-hydrogen) atoms. The second-order valence-electron chi connectivity index (χ2n) is 5.29. The van der Waals surface area contributed by atoms with Crippen molar-refractivity contribution in [3.05, 3.63) is 54.0 Å². The zero-order valence-corrected chi connectivity index (χ0v) is 13.4. The normalized spacial score (nSPS) is 10.6. The molecule has 0 radical (unpaired) electrons. The van der Waals surface area contributed by atoms with E-state index in [1.54, 1.807) is 37.6 Å². The summed E-state index contributed by atoms with van der Waals surface area (Å²) in [6, 6.07) is 9.61. The molecule has 0 spiro atoms. The second kappa shape index (κ2) is 6.62. The van der Waals surface area contributed by atoms with Gasteiger partial charge in [-0.3, -0.25) is 4.79 Å². The van der Waals surface area contributed by atoms with Crippen molar-refractivity contribution in [1.82, 2.24) is 4.98 Å². The predicted molar refractivity (Wildman–Crippen MR) is 90.1 cm³/mol. The van der Waals surface area contributed by atoms with Gasteiger partial charge < -0.3 is 19.8 Å². The first kappa shape index (κ1) is 15.9. The number of aromatic amines is 1. The summed E-state index contributed by atoms with van der Waals surface area (Å²) in [6.45, 7) is 0. The number of amides is 1. The number of hydrogen-bond donors (Lipinski definition) is 2. The molecule has 1 heterocycles. The maximum absolute atomic E-state index is 13.2. The number of halogens is 1. The molecule has 0 aliphatic carbocycles. The molecule has 3 rings (SSSR count). The number of ether oxygens (including phenoxy) is 2. The van der Waals surface area contributed by atoms with Gasteiger partial charge in [0.05, 0.1) is 26.3 Å². The number of rotatable bonds is 5. The molecule has 6 heteroatoms. The van der Waals surface area contributed by atoms with Crippen molar-refractivity contribution in [2.45, 2.75) is 6.42 Å². The fourth-order valence-electron chi connectivity index (χ4n) is 2.57. The third-order valence-electron chi connectivity index (χ3n) is 3.76. The molecule has 0 saturated heterocycles. The molecular formula is C18H17FN2O3. The van der Waals surface area contributed by atoms with E-state index in [1.807, 2.05) is 0 Å². The number of carbonyl (C=O) groups excluding carboxylic acids is 1. The van der Waals surface area contributed by atoms with Crippen LogP contribution in [0.1, 0.15) is 5.56 Å². The average molecular weight is 328 g/mol. The van der Waals surface area contributed by atoms with Crippen LogP contribution in [0.4, 0.5) is 10.1 Å². The molecule has 0 atom stereocenters. The topological polar surface area (TPSA) is 63.3 Å². The van der Waals surface area contributed by atoms with Crippen LogP contribution in [0.3, 0.4) is 0 Å². The van der Waals surface area contributed by atoms with E-state index >= 15 is 0 Å². The lowest BCUT2D eigenvalue weighted by Crippen LogP contribution is -2.14. The van der Waals surface area contributed by atoms with Crippen LogP contribution in [-0.4, -0.2) is 25.1 Å². The summed E-state index contributed by atoms with van der Waals surface area (Å²) < 4.78 is 23.6. The predicted octanol–water partition coefficient (Wildman–Crippen LogP) is 3.51. The maximum Gasteiger partial charge on any atom is 0.228 e. The van der Waals surface area contributed by atoms with Gasteiger partial charge in [0.15, 0.2) is 0 Å². The lowest BCUT2D eigenvalue weighted by atomic mass is 10.1. The molecule has 124 valence electrons. The summed E-state index contributed by atoms with van der Waals surface area (Å²) in [5.74, 6) is 0.652. The summed E-state index contributed by atoms with van der Waals surface area (Å²) in [4.78, 5) is 15.3. The van der Waals surface area contributed by atoms with E-state index in [0.29, 0.717) is 22.7 Å². The van der Waals surface area contributed by atoms with Crippen LogP contribution < -0.4 is 14.8 Å². The zero-order chi connectivity index (χ0) is 17.1. The summed E-state index contributed by atoms with van der Waals surface area (Å²) in [5, 5.41) is 3.65. The number of hydrogen-bond acceptors (Lipinski definition) is 3. The standard InChI is InChI=1S/C18H17FN2O3/c1-23-13-4-6-15(17(9-13)24-2)21-18(22)7-11-10-20-16-8-12(19)3-5-14(11)16/h3-6,8-10,20H,7H2,1-2H3,(H,21,22). The molecule has 0 fully saturated rings. The van der Waals surface area contributed by atoms with Crippen molar-refractivity contribution < 1.29 is 18.7 Å². The first-order chi connectivity index (χ1) is 11.6. The smallest absolute Gasteiger partial charge is 0.228 e. The minimum Gasteiger partial charge on any atom is -0.497 e. The Kier molecular flexibility index (Phi) is 4.37. The molecule has 2 aromatic carbocycles. The van der Waals surface area contributed by atoms with Crippen LogP contribution in [0, 0.1) is 5.82 Å². The Labute approximate surface area is 138 Å². The number of carbonyl (C=O) groups is 1. The van der Waals surface area contributed by atoms with E-state index in [2.05, 4.69) is 10.3 Å². The van der Waals surface area contributed by atoms with Gasteiger partial charge in [-0.2, -0.15) is 0 Å². The molecule has 0 bridgehead atoms. The molecule has 3 aromatic rings. The highest BCUT2D eigenvalue weighted by Crippen LogP contribution is 2.29. The lowest BCUT2D eigenvalue weighted by Gasteiger charge is -2.11. The van der Waals surface area contributed by atoms with Crippen LogP contribution in [-0.2, 0) is 11.2 Å². The number of anilines is 1. The Balaban J connectivity index is 1.78. The number of benzene rings is 2. The molecular weight excluding hydrogens is 311 g/mol. The molecule has 1 aromatic heterocycles. The maximum atomic E-state index is 13.2. The molecule has 1 amide bonds. The highest BCUT2D eigenvalue weighted by molar-refractivity contribution is 5.96. The van der Waals surface area contributed by atoms with E-state index in [1.165, 1.54) is 19.2 Å². The largest absolute Gasteiger partial charge is 0.497 e. The van der Waals surface area contributed by atoms with E-state index in [0.717, 1.165) is 10.9 Å². The number of fused-ring (bicyclic) bond motifs is 1. The fraction of sp³-hybridized carbons (Fsp3) is 0.167. The summed E-state index contributed by atoms with van der Waals surface area (Å²) in [5.41, 5.74) is 2.03. The monoisotopic (exact) mass is 328 g/mol. The lowest BCUT2D eigenvalue weighted by molar-refractivity contribution is -0.115. The first-order valence-electron chi connectivity index (χ1n) is 7.38. The van der Waals surface area contributed by atoms with Gasteiger partial charge in [0.1, 0.15) is 17.3 Å². The fourth-order valence-corrected chi connectivity index (χ4v) is 2.57. The van der Waals surface area contributed by atoms with Gasteiger partial charge >= 0.3 is 0 Å². The summed E-state index contributed by atoms with van der Waals surface area (Å²) in [6.07, 6.45) is 1.88. The highest BCUT2D eigenvalue weighted by Gasteiger charge is 2.12. The second-order valence-corrected chi connectivity index (χ2v) is 5.29. The van der Waals surface area contributed by atoms with Crippen molar-refractivity contribution in [3.8, 4) is 11.5 Å². The van der Waals surface area contributed by atoms with Gasteiger partial charge in [0.2, 0.25) is 5.91 Å². The van der Waals surface area contributed by atoms with E-state index < -0.39 is 0 Å². The molecule has 2 N–H and O–H groups in total. The Morgan fingerprint density at radius 3 is 2.75 bits per heavy atom. The quantitative estimate of drug-likeness (QED) is 0.753. The van der Waals surface area contributed by atoms with Crippen molar-refractivity contribution in [2.24, 2.45) is 0 Å². The van der Waals surface area contributed by atoms with Gasteiger partial charge in [-0.1, -0.05) is 0 Å². The SMILES string of the molecule is COc1ccc(NC(=O)Cc2c[nH]c3cc(F)ccc23)c(OC)c1. The van der Waals surface area contributed by atoms with Gasteiger partial charge in [-0.25, -0.2) is 4.39 Å².